The van der Waals surface area contributed by atoms with Gasteiger partial charge in [-0.3, -0.25) is 9.59 Å². The highest BCUT2D eigenvalue weighted by Gasteiger charge is 2.23. The number of carbonyl (C=O) groups excluding carboxylic acids is 2. The third-order valence-electron chi connectivity index (χ3n) is 4.26. The van der Waals surface area contributed by atoms with E-state index in [-0.39, 0.29) is 12.5 Å². The second-order valence-electron chi connectivity index (χ2n) is 6.18. The highest BCUT2D eigenvalue weighted by Crippen LogP contribution is 2.25. The van der Waals surface area contributed by atoms with Crippen LogP contribution in [0.5, 0.6) is 5.75 Å². The van der Waals surface area contributed by atoms with Crippen LogP contribution in [0.4, 0.5) is 5.69 Å². The predicted molar refractivity (Wildman–Crippen MR) is 98.5 cm³/mol. The molecule has 0 bridgehead atoms. The Bertz CT molecular complexity index is 837. The van der Waals surface area contributed by atoms with Crippen molar-refractivity contribution in [1.82, 2.24) is 5.32 Å². The molecule has 2 N–H and O–H groups in total. The summed E-state index contributed by atoms with van der Waals surface area (Å²) in [5.41, 5.74) is 1.20. The second-order valence-corrected chi connectivity index (χ2v) is 6.18. The van der Waals surface area contributed by atoms with E-state index in [4.69, 9.17) is 4.74 Å². The van der Waals surface area contributed by atoms with Gasteiger partial charge in [-0.2, -0.15) is 0 Å². The molecule has 27 heavy (non-hydrogen) atoms. The van der Waals surface area contributed by atoms with Crippen LogP contribution in [0.15, 0.2) is 54.6 Å². The second kappa shape index (κ2) is 8.35. The van der Waals surface area contributed by atoms with Crippen LogP contribution >= 0.6 is 0 Å². The minimum atomic E-state index is -1.15. The number of ether oxygens (including phenoxy) is 1. The third kappa shape index (κ3) is 4.63. The Balaban J connectivity index is 1.60. The monoisotopic (exact) mass is 368 g/mol. The molecule has 1 fully saturated rings. The molecule has 0 aromatic heterocycles. The lowest BCUT2D eigenvalue weighted by Crippen LogP contribution is -2.36. The lowest BCUT2D eigenvalue weighted by Gasteiger charge is -2.17. The first-order chi connectivity index (χ1) is 13.0. The predicted octanol–water partition coefficient (Wildman–Crippen LogP) is 2.13. The minimum absolute atomic E-state index is 0.0667. The summed E-state index contributed by atoms with van der Waals surface area (Å²) in [5, 5.41) is 11.8. The first-order valence-electron chi connectivity index (χ1n) is 8.65. The number of nitrogens with zero attached hydrogens (tertiary/aromatic N) is 1. The van der Waals surface area contributed by atoms with Crippen molar-refractivity contribution < 1.29 is 24.2 Å². The van der Waals surface area contributed by atoms with Crippen LogP contribution in [-0.4, -0.2) is 36.0 Å². The first-order valence-corrected chi connectivity index (χ1v) is 8.65. The molecule has 1 atom stereocenters. The Morgan fingerprint density at radius 1 is 1.15 bits per heavy atom. The molecule has 1 unspecified atom stereocenters. The highest BCUT2D eigenvalue weighted by molar-refractivity contribution is 5.95. The molecule has 1 heterocycles. The van der Waals surface area contributed by atoms with Crippen molar-refractivity contribution in [2.75, 3.05) is 18.1 Å². The SMILES string of the molecule is O=C(COc1cccc(N2CCCC2=O)c1)NC(C(=O)O)c1ccccc1. The number of carbonyl (C=O) groups is 3. The van der Waals surface area contributed by atoms with Gasteiger partial charge in [0.15, 0.2) is 12.6 Å². The maximum atomic E-state index is 12.1. The van der Waals surface area contributed by atoms with Crippen molar-refractivity contribution in [3.63, 3.8) is 0 Å². The molecule has 0 radical (unpaired) electrons. The number of hydrogen-bond acceptors (Lipinski definition) is 4. The summed E-state index contributed by atoms with van der Waals surface area (Å²) < 4.78 is 5.48. The van der Waals surface area contributed by atoms with Gasteiger partial charge in [0.05, 0.1) is 0 Å². The largest absolute Gasteiger partial charge is 0.484 e. The topological polar surface area (TPSA) is 95.9 Å². The van der Waals surface area contributed by atoms with Crippen molar-refractivity contribution in [2.45, 2.75) is 18.9 Å². The van der Waals surface area contributed by atoms with Crippen LogP contribution in [0.2, 0.25) is 0 Å². The average Bonchev–Trinajstić information content (AvgIpc) is 3.11. The molecule has 140 valence electrons. The molecule has 0 spiro atoms. The molecule has 2 aromatic rings. The molecule has 0 aliphatic carbocycles. The van der Waals surface area contributed by atoms with Crippen LogP contribution in [-0.2, 0) is 14.4 Å². The van der Waals surface area contributed by atoms with Gasteiger partial charge in [-0.15, -0.1) is 0 Å². The zero-order chi connectivity index (χ0) is 19.2. The van der Waals surface area contributed by atoms with Crippen LogP contribution in [0.25, 0.3) is 0 Å². The summed E-state index contributed by atoms with van der Waals surface area (Å²) in [5.74, 6) is -1.19. The number of amides is 2. The number of aliphatic carboxylic acids is 1. The number of carboxylic acids is 1. The van der Waals surface area contributed by atoms with Crippen LogP contribution < -0.4 is 15.0 Å². The summed E-state index contributed by atoms with van der Waals surface area (Å²) in [6.07, 6.45) is 1.35. The van der Waals surface area contributed by atoms with Crippen molar-refractivity contribution in [3.8, 4) is 5.75 Å². The van der Waals surface area contributed by atoms with Crippen molar-refractivity contribution >= 4 is 23.5 Å². The molecule has 1 saturated heterocycles. The number of hydrogen-bond donors (Lipinski definition) is 2. The van der Waals surface area contributed by atoms with E-state index in [0.717, 1.165) is 12.1 Å². The lowest BCUT2D eigenvalue weighted by atomic mass is 10.1. The Morgan fingerprint density at radius 2 is 1.93 bits per heavy atom. The Hall–Kier alpha value is -3.35. The number of carboxylic acid groups (broad SMARTS) is 1. The maximum absolute atomic E-state index is 12.1. The molecule has 7 nitrogen and oxygen atoms in total. The van der Waals surface area contributed by atoms with E-state index >= 15 is 0 Å². The molecular weight excluding hydrogens is 348 g/mol. The van der Waals surface area contributed by atoms with E-state index in [2.05, 4.69) is 5.32 Å². The van der Waals surface area contributed by atoms with Gasteiger partial charge in [0.25, 0.3) is 5.91 Å². The molecule has 2 amide bonds. The van der Waals surface area contributed by atoms with Gasteiger partial charge >= 0.3 is 5.97 Å². The average molecular weight is 368 g/mol. The Kier molecular flexibility index (Phi) is 5.71. The van der Waals surface area contributed by atoms with Gasteiger partial charge in [-0.1, -0.05) is 36.4 Å². The Labute approximate surface area is 156 Å². The standard InChI is InChI=1S/C20H20N2O5/c23-17(21-19(20(25)26)14-6-2-1-3-7-14)13-27-16-9-4-8-15(12-16)22-11-5-10-18(22)24/h1-4,6-9,12,19H,5,10-11,13H2,(H,21,23)(H,25,26). The fraction of sp³-hybridized carbons (Fsp3) is 0.250. The normalized spacial score (nSPS) is 14.7. The Morgan fingerprint density at radius 3 is 2.59 bits per heavy atom. The number of nitrogens with one attached hydrogen (secondary N) is 1. The minimum Gasteiger partial charge on any atom is -0.484 e. The number of anilines is 1. The van der Waals surface area contributed by atoms with Gasteiger partial charge in [-0.05, 0) is 24.1 Å². The zero-order valence-electron chi connectivity index (χ0n) is 14.6. The van der Waals surface area contributed by atoms with E-state index in [9.17, 15) is 19.5 Å². The maximum Gasteiger partial charge on any atom is 0.330 e. The quantitative estimate of drug-likeness (QED) is 0.781. The van der Waals surface area contributed by atoms with E-state index < -0.39 is 17.9 Å². The van der Waals surface area contributed by atoms with E-state index in [0.29, 0.717) is 24.3 Å². The summed E-state index contributed by atoms with van der Waals surface area (Å²) in [4.78, 5) is 37.1. The molecular formula is C20H20N2O5. The van der Waals surface area contributed by atoms with E-state index in [1.807, 2.05) is 6.07 Å². The summed E-state index contributed by atoms with van der Waals surface area (Å²) in [6, 6.07) is 14.3. The van der Waals surface area contributed by atoms with Crippen molar-refractivity contribution in [2.24, 2.45) is 0 Å². The smallest absolute Gasteiger partial charge is 0.330 e. The number of benzene rings is 2. The van der Waals surface area contributed by atoms with Gasteiger partial charge in [0.1, 0.15) is 5.75 Å². The van der Waals surface area contributed by atoms with Crippen molar-refractivity contribution in [1.29, 1.82) is 0 Å². The molecule has 1 aliphatic heterocycles. The summed E-state index contributed by atoms with van der Waals surface area (Å²) >= 11 is 0. The van der Waals surface area contributed by atoms with E-state index in [1.54, 1.807) is 53.4 Å². The third-order valence-corrected chi connectivity index (χ3v) is 4.26. The number of rotatable bonds is 7. The molecule has 7 heteroatoms. The first kappa shape index (κ1) is 18.4. The highest BCUT2D eigenvalue weighted by atomic mass is 16.5. The van der Waals surface area contributed by atoms with Gasteiger partial charge in [-0.25, -0.2) is 4.79 Å². The van der Waals surface area contributed by atoms with Crippen LogP contribution in [0, 0.1) is 0 Å². The van der Waals surface area contributed by atoms with E-state index in [1.165, 1.54) is 0 Å². The van der Waals surface area contributed by atoms with Gasteiger partial charge in [0.2, 0.25) is 5.91 Å². The zero-order valence-corrected chi connectivity index (χ0v) is 14.6. The van der Waals surface area contributed by atoms with Crippen LogP contribution in [0.3, 0.4) is 0 Å². The van der Waals surface area contributed by atoms with Crippen molar-refractivity contribution in [3.05, 3.63) is 60.2 Å². The summed E-state index contributed by atoms with van der Waals surface area (Å²) in [6.45, 7) is 0.341. The molecule has 0 saturated carbocycles. The van der Waals surface area contributed by atoms with Crippen LogP contribution in [0.1, 0.15) is 24.4 Å². The molecule has 2 aromatic carbocycles. The fourth-order valence-electron chi connectivity index (χ4n) is 2.95. The van der Waals surface area contributed by atoms with Gasteiger partial charge in [0, 0.05) is 24.7 Å². The summed E-state index contributed by atoms with van der Waals surface area (Å²) in [7, 11) is 0. The van der Waals surface area contributed by atoms with Gasteiger partial charge < -0.3 is 20.1 Å². The fourth-order valence-corrected chi connectivity index (χ4v) is 2.95. The lowest BCUT2D eigenvalue weighted by molar-refractivity contribution is -0.142. The molecule has 1 aliphatic rings. The molecule has 3 rings (SSSR count).